The SMILES string of the molecule is CC(=O)c1ccc(OCC(=O)NC(C)(C)C)c(Cl)c1. The zero-order chi connectivity index (χ0) is 14.6. The van der Waals surface area contributed by atoms with Crippen molar-refractivity contribution in [2.75, 3.05) is 6.61 Å². The number of nitrogens with one attached hydrogen (secondary N) is 1. The molecule has 0 saturated carbocycles. The van der Waals surface area contributed by atoms with E-state index in [2.05, 4.69) is 5.32 Å². The fourth-order valence-electron chi connectivity index (χ4n) is 1.43. The van der Waals surface area contributed by atoms with Crippen molar-refractivity contribution in [3.8, 4) is 5.75 Å². The predicted molar refractivity (Wildman–Crippen MR) is 74.8 cm³/mol. The van der Waals surface area contributed by atoms with E-state index < -0.39 is 0 Å². The second-order valence-electron chi connectivity index (χ2n) is 5.29. The Hall–Kier alpha value is -1.55. The first-order valence-electron chi connectivity index (χ1n) is 5.93. The number of ketones is 1. The van der Waals surface area contributed by atoms with Gasteiger partial charge in [-0.3, -0.25) is 9.59 Å². The van der Waals surface area contributed by atoms with E-state index >= 15 is 0 Å². The Morgan fingerprint density at radius 3 is 2.42 bits per heavy atom. The molecule has 0 radical (unpaired) electrons. The summed E-state index contributed by atoms with van der Waals surface area (Å²) in [6, 6.07) is 4.73. The monoisotopic (exact) mass is 283 g/mol. The summed E-state index contributed by atoms with van der Waals surface area (Å²) in [7, 11) is 0. The van der Waals surface area contributed by atoms with Crippen LogP contribution in [0.2, 0.25) is 5.02 Å². The number of halogens is 1. The zero-order valence-corrected chi connectivity index (χ0v) is 12.3. The van der Waals surface area contributed by atoms with Crippen molar-refractivity contribution in [2.45, 2.75) is 33.2 Å². The number of ether oxygens (including phenoxy) is 1. The van der Waals surface area contributed by atoms with E-state index in [0.717, 1.165) is 0 Å². The van der Waals surface area contributed by atoms with Crippen molar-refractivity contribution < 1.29 is 14.3 Å². The van der Waals surface area contributed by atoms with Gasteiger partial charge in [0.15, 0.2) is 12.4 Å². The van der Waals surface area contributed by atoms with Crippen LogP contribution in [-0.2, 0) is 4.79 Å². The van der Waals surface area contributed by atoms with Crippen LogP contribution in [0.15, 0.2) is 18.2 Å². The van der Waals surface area contributed by atoms with Crippen LogP contribution in [0.1, 0.15) is 38.1 Å². The van der Waals surface area contributed by atoms with E-state index in [0.29, 0.717) is 16.3 Å². The van der Waals surface area contributed by atoms with Crippen molar-refractivity contribution in [3.63, 3.8) is 0 Å². The lowest BCUT2D eigenvalue weighted by atomic mass is 10.1. The molecule has 0 atom stereocenters. The molecule has 0 unspecified atom stereocenters. The predicted octanol–water partition coefficient (Wildman–Crippen LogP) is 2.84. The van der Waals surface area contributed by atoms with Crippen LogP contribution in [0.25, 0.3) is 0 Å². The molecule has 0 spiro atoms. The van der Waals surface area contributed by atoms with Crippen molar-refractivity contribution in [1.82, 2.24) is 5.32 Å². The molecule has 1 rings (SSSR count). The lowest BCUT2D eigenvalue weighted by Gasteiger charge is -2.20. The van der Waals surface area contributed by atoms with Gasteiger partial charge in [0.25, 0.3) is 5.91 Å². The van der Waals surface area contributed by atoms with Gasteiger partial charge >= 0.3 is 0 Å². The van der Waals surface area contributed by atoms with E-state index in [1.165, 1.54) is 13.0 Å². The molecule has 1 N–H and O–H groups in total. The Bertz CT molecular complexity index is 492. The van der Waals surface area contributed by atoms with Crippen LogP contribution in [0.5, 0.6) is 5.75 Å². The van der Waals surface area contributed by atoms with Crippen LogP contribution < -0.4 is 10.1 Å². The summed E-state index contributed by atoms with van der Waals surface area (Å²) in [5, 5.41) is 3.09. The average molecular weight is 284 g/mol. The number of amides is 1. The summed E-state index contributed by atoms with van der Waals surface area (Å²) in [6.07, 6.45) is 0. The van der Waals surface area contributed by atoms with Crippen LogP contribution in [0, 0.1) is 0 Å². The second-order valence-corrected chi connectivity index (χ2v) is 5.70. The van der Waals surface area contributed by atoms with Gasteiger partial charge in [0.2, 0.25) is 0 Å². The van der Waals surface area contributed by atoms with E-state index in [1.807, 2.05) is 20.8 Å². The lowest BCUT2D eigenvalue weighted by Crippen LogP contribution is -2.43. The maximum Gasteiger partial charge on any atom is 0.258 e. The van der Waals surface area contributed by atoms with Gasteiger partial charge in [-0.05, 0) is 45.9 Å². The fourth-order valence-corrected chi connectivity index (χ4v) is 1.67. The Kier molecular flexibility index (Phi) is 4.95. The number of hydrogen-bond donors (Lipinski definition) is 1. The average Bonchev–Trinajstić information content (AvgIpc) is 2.24. The van der Waals surface area contributed by atoms with Gasteiger partial charge in [-0.2, -0.15) is 0 Å². The largest absolute Gasteiger partial charge is 0.482 e. The van der Waals surface area contributed by atoms with Crippen molar-refractivity contribution in [2.24, 2.45) is 0 Å². The van der Waals surface area contributed by atoms with Gasteiger partial charge in [0.05, 0.1) is 5.02 Å². The first kappa shape index (κ1) is 15.5. The summed E-state index contributed by atoms with van der Waals surface area (Å²) in [5.41, 5.74) is 0.208. The summed E-state index contributed by atoms with van der Waals surface area (Å²) >= 11 is 5.98. The number of benzene rings is 1. The summed E-state index contributed by atoms with van der Waals surface area (Å²) in [5.74, 6) is 0.0915. The highest BCUT2D eigenvalue weighted by Crippen LogP contribution is 2.25. The van der Waals surface area contributed by atoms with Crippen LogP contribution in [-0.4, -0.2) is 23.8 Å². The van der Waals surface area contributed by atoms with Crippen LogP contribution >= 0.6 is 11.6 Å². The number of rotatable bonds is 4. The van der Waals surface area contributed by atoms with E-state index in [9.17, 15) is 9.59 Å². The topological polar surface area (TPSA) is 55.4 Å². The fraction of sp³-hybridized carbons (Fsp3) is 0.429. The molecule has 0 aliphatic heterocycles. The molecular weight excluding hydrogens is 266 g/mol. The first-order chi connectivity index (χ1) is 8.69. The molecule has 0 aliphatic rings. The van der Waals surface area contributed by atoms with Gasteiger partial charge in [-0.1, -0.05) is 11.6 Å². The molecule has 1 aromatic rings. The quantitative estimate of drug-likeness (QED) is 0.865. The van der Waals surface area contributed by atoms with Gasteiger partial charge in [-0.25, -0.2) is 0 Å². The third-order valence-electron chi connectivity index (χ3n) is 2.21. The van der Waals surface area contributed by atoms with E-state index in [-0.39, 0.29) is 23.8 Å². The highest BCUT2D eigenvalue weighted by Gasteiger charge is 2.14. The summed E-state index contributed by atoms with van der Waals surface area (Å²) in [6.45, 7) is 7.01. The minimum atomic E-state index is -0.303. The molecule has 0 aliphatic carbocycles. The maximum atomic E-state index is 11.6. The van der Waals surface area contributed by atoms with Crippen LogP contribution in [0.4, 0.5) is 0 Å². The Balaban J connectivity index is 2.64. The molecule has 0 fully saturated rings. The van der Waals surface area contributed by atoms with Crippen molar-refractivity contribution in [3.05, 3.63) is 28.8 Å². The maximum absolute atomic E-state index is 11.6. The molecule has 1 amide bonds. The number of carbonyl (C=O) groups excluding carboxylic acids is 2. The molecular formula is C14H18ClNO3. The number of carbonyl (C=O) groups is 2. The molecule has 0 heterocycles. The normalized spacial score (nSPS) is 11.0. The molecule has 1 aromatic carbocycles. The first-order valence-corrected chi connectivity index (χ1v) is 6.31. The third-order valence-corrected chi connectivity index (χ3v) is 2.51. The minimum Gasteiger partial charge on any atom is -0.482 e. The molecule has 4 nitrogen and oxygen atoms in total. The smallest absolute Gasteiger partial charge is 0.258 e. The molecule has 5 heteroatoms. The molecule has 0 bridgehead atoms. The Morgan fingerprint density at radius 1 is 1.32 bits per heavy atom. The highest BCUT2D eigenvalue weighted by molar-refractivity contribution is 6.32. The van der Waals surface area contributed by atoms with Gasteiger partial charge in [-0.15, -0.1) is 0 Å². The van der Waals surface area contributed by atoms with Crippen LogP contribution in [0.3, 0.4) is 0 Å². The van der Waals surface area contributed by atoms with E-state index in [1.54, 1.807) is 12.1 Å². The number of hydrogen-bond acceptors (Lipinski definition) is 3. The minimum absolute atomic E-state index is 0.0704. The standard InChI is InChI=1S/C14H18ClNO3/c1-9(17)10-5-6-12(11(15)7-10)19-8-13(18)16-14(2,3)4/h5-7H,8H2,1-4H3,(H,16,18). The molecule has 0 aromatic heterocycles. The summed E-state index contributed by atoms with van der Waals surface area (Å²) in [4.78, 5) is 22.8. The second kappa shape index (κ2) is 6.06. The Morgan fingerprint density at radius 2 is 1.95 bits per heavy atom. The Labute approximate surface area is 118 Å². The number of Topliss-reactive ketones (excluding diaryl/α,β-unsaturated/α-hetero) is 1. The summed E-state index contributed by atoms with van der Waals surface area (Å²) < 4.78 is 5.32. The molecule has 19 heavy (non-hydrogen) atoms. The lowest BCUT2D eigenvalue weighted by molar-refractivity contribution is -0.124. The van der Waals surface area contributed by atoms with Crippen molar-refractivity contribution in [1.29, 1.82) is 0 Å². The van der Waals surface area contributed by atoms with Gasteiger partial charge < -0.3 is 10.1 Å². The van der Waals surface area contributed by atoms with Crippen molar-refractivity contribution >= 4 is 23.3 Å². The highest BCUT2D eigenvalue weighted by atomic mass is 35.5. The van der Waals surface area contributed by atoms with Gasteiger partial charge in [0.1, 0.15) is 5.75 Å². The van der Waals surface area contributed by atoms with Gasteiger partial charge in [0, 0.05) is 11.1 Å². The molecule has 104 valence electrons. The zero-order valence-electron chi connectivity index (χ0n) is 11.5. The third kappa shape index (κ3) is 5.30. The molecule has 0 saturated heterocycles. The van der Waals surface area contributed by atoms with E-state index in [4.69, 9.17) is 16.3 Å².